The maximum atomic E-state index is 5.43. The minimum absolute atomic E-state index is 0.689. The molecule has 0 amide bonds. The maximum absolute atomic E-state index is 5.43. The van der Waals surface area contributed by atoms with E-state index < -0.39 is 0 Å². The summed E-state index contributed by atoms with van der Waals surface area (Å²) in [5.74, 6) is 0.689. The number of rotatable bonds is 5. The monoisotopic (exact) mass is 661 g/mol. The van der Waals surface area contributed by atoms with Crippen LogP contribution in [0.3, 0.4) is 0 Å². The third-order valence-electron chi connectivity index (χ3n) is 6.44. The Hall–Kier alpha value is -2.23. The van der Waals surface area contributed by atoms with E-state index in [4.69, 9.17) is 9.72 Å². The third-order valence-corrected chi connectivity index (χ3v) is 6.93. The van der Waals surface area contributed by atoms with Gasteiger partial charge in [0.15, 0.2) is 5.82 Å². The number of hydrogen-bond donors (Lipinski definition) is 2. The zero-order valence-electron chi connectivity index (χ0n) is 20.4. The summed E-state index contributed by atoms with van der Waals surface area (Å²) >= 11 is 4.37. The van der Waals surface area contributed by atoms with Crippen LogP contribution in [0.1, 0.15) is 18.2 Å². The van der Waals surface area contributed by atoms with E-state index >= 15 is 0 Å². The Kier molecular flexibility index (Phi) is 9.17. The summed E-state index contributed by atoms with van der Waals surface area (Å²) in [7, 11) is 9.34. The zero-order valence-corrected chi connectivity index (χ0v) is 24.5. The molecule has 4 heterocycles. The number of fused-ring (bicyclic) bond motifs is 5. The Bertz CT molecular complexity index is 1590. The number of morpholine rings is 1. The number of para-hydroxylation sites is 1. The normalized spacial score (nSPS) is 14.7. The van der Waals surface area contributed by atoms with Crippen molar-refractivity contribution < 1.29 is 17.9 Å². The van der Waals surface area contributed by atoms with Gasteiger partial charge in [0.25, 0.3) is 0 Å². The first-order valence-electron chi connectivity index (χ1n) is 11.9. The van der Waals surface area contributed by atoms with Gasteiger partial charge in [-0.3, -0.25) is 15.3 Å². The Balaban J connectivity index is 0.000000937. The number of halogens is 3. The molecule has 1 aliphatic heterocycles. The van der Waals surface area contributed by atoms with Crippen molar-refractivity contribution >= 4 is 80.4 Å². The number of hydrogen-bond acceptors (Lipinski definition) is 6. The quantitative estimate of drug-likeness (QED) is 0.120. The van der Waals surface area contributed by atoms with Crippen molar-refractivity contribution in [3.8, 4) is 0 Å². The van der Waals surface area contributed by atoms with Crippen LogP contribution < -0.4 is 5.43 Å². The molecule has 3 aromatic heterocycles. The van der Waals surface area contributed by atoms with Crippen LogP contribution in [0.2, 0.25) is 0 Å². The second kappa shape index (κ2) is 12.7. The van der Waals surface area contributed by atoms with E-state index in [1.165, 1.54) is 5.56 Å². The predicted octanol–water partition coefficient (Wildman–Crippen LogP) is 7.07. The van der Waals surface area contributed by atoms with Crippen LogP contribution in [-0.4, -0.2) is 51.9 Å². The molecule has 0 aliphatic carbocycles. The SMILES string of the molecule is C/C(=N\Nc1nc2ccccc2c2c1[nH]c1ccc(Br)cc12)c1ccc(CN2CCOCC2)cn1.[Cl][Cu][Cl]. The van der Waals surface area contributed by atoms with Crippen molar-refractivity contribution in [3.05, 3.63) is 76.5 Å². The Morgan fingerprint density at radius 3 is 2.68 bits per heavy atom. The van der Waals surface area contributed by atoms with Gasteiger partial charge in [-0.05, 0) is 42.8 Å². The molecule has 0 atom stereocenters. The molecule has 1 aliphatic rings. The van der Waals surface area contributed by atoms with Gasteiger partial charge in [0.05, 0.1) is 35.7 Å². The average Bonchev–Trinajstić information content (AvgIpc) is 3.32. The standard InChI is InChI=1S/C27H25BrN6O.2ClH.Cu/c1-17(22-8-6-18(15-29-22)16-34-10-12-35-13-11-34)32-33-27-26-25(20-4-2-3-5-23(20)31-27)21-14-19(28)7-9-24(21)30-26;;;/h2-9,14-15,30H,10-13,16H2,1H3,(H,31,33);2*1H;/q;;;+2/p-2/b32-17+;;;. The number of nitrogens with one attached hydrogen (secondary N) is 2. The summed E-state index contributed by atoms with van der Waals surface area (Å²) < 4.78 is 6.47. The second-order valence-corrected chi connectivity index (χ2v) is 11.3. The fourth-order valence-electron chi connectivity index (χ4n) is 4.60. The summed E-state index contributed by atoms with van der Waals surface area (Å²) in [5.41, 5.74) is 8.94. The first kappa shape index (κ1) is 27.3. The van der Waals surface area contributed by atoms with E-state index in [2.05, 4.69) is 85.8 Å². The Labute approximate surface area is 243 Å². The topological polar surface area (TPSA) is 78.4 Å². The van der Waals surface area contributed by atoms with Crippen molar-refractivity contribution in [2.75, 3.05) is 31.7 Å². The van der Waals surface area contributed by atoms with Gasteiger partial charge in [0, 0.05) is 52.0 Å². The molecule has 2 aromatic carbocycles. The van der Waals surface area contributed by atoms with Crippen molar-refractivity contribution in [2.45, 2.75) is 13.5 Å². The van der Waals surface area contributed by atoms with Crippen LogP contribution in [0, 0.1) is 0 Å². The van der Waals surface area contributed by atoms with Crippen LogP contribution in [0.5, 0.6) is 0 Å². The predicted molar refractivity (Wildman–Crippen MR) is 157 cm³/mol. The number of H-pyrrole nitrogens is 1. The van der Waals surface area contributed by atoms with Crippen molar-refractivity contribution in [2.24, 2.45) is 5.10 Å². The molecular weight excluding hydrogens is 639 g/mol. The van der Waals surface area contributed by atoms with Crippen LogP contribution in [0.25, 0.3) is 32.7 Å². The van der Waals surface area contributed by atoms with Gasteiger partial charge in [-0.2, -0.15) is 5.10 Å². The number of aromatic nitrogens is 3. The fraction of sp³-hybridized carbons (Fsp3) is 0.222. The van der Waals surface area contributed by atoms with Gasteiger partial charge in [-0.1, -0.05) is 40.2 Å². The summed E-state index contributed by atoms with van der Waals surface area (Å²) in [6.45, 7) is 6.37. The van der Waals surface area contributed by atoms with Gasteiger partial charge < -0.3 is 9.72 Å². The molecular formula is C27H25BrCl2CuN6O. The number of anilines is 1. The molecule has 0 saturated carbocycles. The number of benzene rings is 2. The number of pyridine rings is 2. The van der Waals surface area contributed by atoms with Crippen LogP contribution in [-0.2, 0) is 24.4 Å². The van der Waals surface area contributed by atoms with Gasteiger partial charge in [0.1, 0.15) is 0 Å². The van der Waals surface area contributed by atoms with Gasteiger partial charge in [-0.15, -0.1) is 0 Å². The average molecular weight is 664 g/mol. The molecule has 201 valence electrons. The van der Waals surface area contributed by atoms with E-state index in [0.717, 1.165) is 94.6 Å². The number of hydrazone groups is 1. The van der Waals surface area contributed by atoms with Crippen molar-refractivity contribution in [1.82, 2.24) is 19.9 Å². The summed E-state index contributed by atoms with van der Waals surface area (Å²) in [4.78, 5) is 15.4. The molecule has 38 heavy (non-hydrogen) atoms. The van der Waals surface area contributed by atoms with Gasteiger partial charge in [0.2, 0.25) is 0 Å². The van der Waals surface area contributed by atoms with E-state index in [-0.39, 0.29) is 0 Å². The fourth-order valence-corrected chi connectivity index (χ4v) is 4.97. The van der Waals surface area contributed by atoms with Crippen molar-refractivity contribution in [1.29, 1.82) is 0 Å². The molecule has 7 nitrogen and oxygen atoms in total. The molecule has 6 rings (SSSR count). The van der Waals surface area contributed by atoms with E-state index in [1.54, 1.807) is 0 Å². The van der Waals surface area contributed by atoms with Gasteiger partial charge in [-0.25, -0.2) is 4.98 Å². The number of aromatic amines is 1. The molecule has 2 N–H and O–H groups in total. The van der Waals surface area contributed by atoms with Gasteiger partial charge >= 0.3 is 33.3 Å². The number of nitrogens with zero attached hydrogens (tertiary/aromatic N) is 4. The van der Waals surface area contributed by atoms with Crippen molar-refractivity contribution in [3.63, 3.8) is 0 Å². The minimum atomic E-state index is 0.689. The summed E-state index contributed by atoms with van der Waals surface area (Å²) in [6, 6.07) is 18.6. The first-order chi connectivity index (χ1) is 18.6. The van der Waals surface area contributed by atoms with E-state index in [9.17, 15) is 0 Å². The van der Waals surface area contributed by atoms with Crippen LogP contribution in [0.4, 0.5) is 5.82 Å². The number of ether oxygens (including phenoxy) is 1. The molecule has 1 saturated heterocycles. The molecule has 0 radical (unpaired) electrons. The molecule has 0 unspecified atom stereocenters. The Morgan fingerprint density at radius 2 is 1.92 bits per heavy atom. The second-order valence-electron chi connectivity index (χ2n) is 8.83. The first-order valence-corrected chi connectivity index (χ1v) is 15.3. The van der Waals surface area contributed by atoms with Crippen LogP contribution >= 0.6 is 36.1 Å². The molecule has 11 heteroatoms. The molecule has 0 spiro atoms. The van der Waals surface area contributed by atoms with E-state index in [1.807, 2.05) is 43.5 Å². The molecule has 0 bridgehead atoms. The molecule has 1 fully saturated rings. The van der Waals surface area contributed by atoms with Crippen LogP contribution in [0.15, 0.2) is 70.4 Å². The Morgan fingerprint density at radius 1 is 1.13 bits per heavy atom. The zero-order chi connectivity index (χ0) is 26.5. The summed E-state index contributed by atoms with van der Waals surface area (Å²) in [6.07, 6.45) is 1.94. The molecule has 5 aromatic rings. The summed E-state index contributed by atoms with van der Waals surface area (Å²) in [5, 5.41) is 8.03. The van der Waals surface area contributed by atoms with E-state index in [0.29, 0.717) is 5.82 Å². The third kappa shape index (κ3) is 6.15.